The van der Waals surface area contributed by atoms with Crippen LogP contribution in [0.5, 0.6) is 0 Å². The zero-order chi connectivity index (χ0) is 15.5. The molecule has 1 atom stereocenters. The summed E-state index contributed by atoms with van der Waals surface area (Å²) in [5, 5.41) is 0. The lowest BCUT2D eigenvalue weighted by molar-refractivity contribution is -0.145. The number of ether oxygens (including phenoxy) is 1. The highest BCUT2D eigenvalue weighted by Crippen LogP contribution is 2.28. The van der Waals surface area contributed by atoms with Gasteiger partial charge in [-0.2, -0.15) is 0 Å². The summed E-state index contributed by atoms with van der Waals surface area (Å²) in [4.78, 5) is 13.8. The van der Waals surface area contributed by atoms with Crippen LogP contribution in [0, 0.1) is 6.92 Å². The van der Waals surface area contributed by atoms with Gasteiger partial charge in [-0.15, -0.1) is 0 Å². The molecule has 1 aromatic carbocycles. The van der Waals surface area contributed by atoms with E-state index in [4.69, 9.17) is 4.74 Å². The molecule has 1 rings (SSSR count). The van der Waals surface area contributed by atoms with Crippen molar-refractivity contribution in [2.24, 2.45) is 0 Å². The van der Waals surface area contributed by atoms with E-state index in [0.717, 1.165) is 0 Å². The minimum Gasteiger partial charge on any atom is -0.468 e. The average molecular weight is 277 g/mol. The lowest BCUT2D eigenvalue weighted by atomic mass is 9.81. The Labute approximate surface area is 122 Å². The summed E-state index contributed by atoms with van der Waals surface area (Å²) in [6.07, 6.45) is 0.673. The van der Waals surface area contributed by atoms with Crippen LogP contribution in [0.25, 0.3) is 0 Å². The quantitative estimate of drug-likeness (QED) is 0.793. The Balaban J connectivity index is 3.16. The molecule has 0 N–H and O–H groups in total. The first-order chi connectivity index (χ1) is 9.16. The van der Waals surface area contributed by atoms with Crippen LogP contribution in [0.2, 0.25) is 0 Å². The molecule has 0 saturated heterocycles. The fraction of sp³-hybridized carbons (Fsp3) is 0.588. The summed E-state index contributed by atoms with van der Waals surface area (Å²) in [7, 11) is 5.26. The van der Waals surface area contributed by atoms with Gasteiger partial charge in [0.1, 0.15) is 6.04 Å². The summed E-state index contributed by atoms with van der Waals surface area (Å²) >= 11 is 0. The molecule has 0 aliphatic carbocycles. The lowest BCUT2D eigenvalue weighted by Crippen LogP contribution is -2.39. The molecular weight excluding hydrogens is 250 g/mol. The molecule has 0 heterocycles. The SMILES string of the molecule is COC(=O)C(Cc1ccc(C)cc1C(C)(C)C)N(C)C. The van der Waals surface area contributed by atoms with Crippen molar-refractivity contribution in [3.05, 3.63) is 34.9 Å². The Kier molecular flexibility index (Phi) is 5.35. The first kappa shape index (κ1) is 16.7. The first-order valence-corrected chi connectivity index (χ1v) is 7.01. The van der Waals surface area contributed by atoms with E-state index in [1.54, 1.807) is 0 Å². The summed E-state index contributed by atoms with van der Waals surface area (Å²) in [5.74, 6) is -0.185. The molecule has 112 valence electrons. The van der Waals surface area contributed by atoms with E-state index in [1.807, 2.05) is 19.0 Å². The number of carbonyl (C=O) groups excluding carboxylic acids is 1. The maximum Gasteiger partial charge on any atom is 0.323 e. The number of hydrogen-bond acceptors (Lipinski definition) is 3. The number of esters is 1. The molecule has 0 radical (unpaired) electrons. The second kappa shape index (κ2) is 6.40. The molecule has 0 aromatic heterocycles. The van der Waals surface area contributed by atoms with Crippen LogP contribution in [-0.4, -0.2) is 38.1 Å². The predicted octanol–water partition coefficient (Wildman–Crippen LogP) is 2.94. The van der Waals surface area contributed by atoms with Crippen molar-refractivity contribution in [1.29, 1.82) is 0 Å². The monoisotopic (exact) mass is 277 g/mol. The molecule has 0 saturated carbocycles. The molecule has 3 nitrogen and oxygen atoms in total. The normalized spacial score (nSPS) is 13.4. The highest BCUT2D eigenvalue weighted by atomic mass is 16.5. The maximum absolute atomic E-state index is 11.9. The molecular formula is C17H27NO2. The zero-order valence-corrected chi connectivity index (χ0v) is 13.8. The van der Waals surface area contributed by atoms with Crippen molar-refractivity contribution < 1.29 is 9.53 Å². The predicted molar refractivity (Wildman–Crippen MR) is 83.1 cm³/mol. The highest BCUT2D eigenvalue weighted by molar-refractivity contribution is 5.76. The topological polar surface area (TPSA) is 29.5 Å². The molecule has 0 aliphatic heterocycles. The highest BCUT2D eigenvalue weighted by Gasteiger charge is 2.25. The molecule has 0 fully saturated rings. The van der Waals surface area contributed by atoms with E-state index in [1.165, 1.54) is 23.8 Å². The number of methoxy groups -OCH3 is 1. The van der Waals surface area contributed by atoms with Crippen LogP contribution in [0.3, 0.4) is 0 Å². The Morgan fingerprint density at radius 3 is 2.35 bits per heavy atom. The summed E-state index contributed by atoms with van der Waals surface area (Å²) < 4.78 is 4.91. The average Bonchev–Trinajstić information content (AvgIpc) is 2.34. The van der Waals surface area contributed by atoms with E-state index in [9.17, 15) is 4.79 Å². The number of carbonyl (C=O) groups is 1. The van der Waals surface area contributed by atoms with E-state index < -0.39 is 0 Å². The van der Waals surface area contributed by atoms with E-state index in [-0.39, 0.29) is 17.4 Å². The van der Waals surface area contributed by atoms with Gasteiger partial charge in [0.25, 0.3) is 0 Å². The van der Waals surface area contributed by atoms with Crippen molar-refractivity contribution in [3.63, 3.8) is 0 Å². The third kappa shape index (κ3) is 4.07. The molecule has 0 amide bonds. The maximum atomic E-state index is 11.9. The second-order valence-corrected chi connectivity index (χ2v) is 6.62. The van der Waals surface area contributed by atoms with Gasteiger partial charge in [0, 0.05) is 0 Å². The van der Waals surface area contributed by atoms with Gasteiger partial charge < -0.3 is 4.74 Å². The number of benzene rings is 1. The van der Waals surface area contributed by atoms with Gasteiger partial charge >= 0.3 is 5.97 Å². The summed E-state index contributed by atoms with van der Waals surface area (Å²) in [5.41, 5.74) is 3.83. The zero-order valence-electron chi connectivity index (χ0n) is 13.8. The molecule has 0 aliphatic rings. The lowest BCUT2D eigenvalue weighted by Gasteiger charge is -2.27. The molecule has 20 heavy (non-hydrogen) atoms. The van der Waals surface area contributed by atoms with Gasteiger partial charge in [0.05, 0.1) is 7.11 Å². The van der Waals surface area contributed by atoms with Gasteiger partial charge in [-0.05, 0) is 44.0 Å². The van der Waals surface area contributed by atoms with Crippen molar-refractivity contribution in [1.82, 2.24) is 4.90 Å². The van der Waals surface area contributed by atoms with E-state index >= 15 is 0 Å². The molecule has 1 unspecified atom stereocenters. The number of rotatable bonds is 4. The van der Waals surface area contributed by atoms with E-state index in [0.29, 0.717) is 6.42 Å². The van der Waals surface area contributed by atoms with Gasteiger partial charge in [-0.1, -0.05) is 44.5 Å². The van der Waals surface area contributed by atoms with Crippen LogP contribution < -0.4 is 0 Å². The fourth-order valence-corrected chi connectivity index (χ4v) is 2.39. The van der Waals surface area contributed by atoms with Gasteiger partial charge in [0.15, 0.2) is 0 Å². The number of nitrogens with zero attached hydrogens (tertiary/aromatic N) is 1. The van der Waals surface area contributed by atoms with Crippen LogP contribution >= 0.6 is 0 Å². The third-order valence-electron chi connectivity index (χ3n) is 3.58. The minimum atomic E-state index is -0.246. The van der Waals surface area contributed by atoms with Crippen LogP contribution in [0.4, 0.5) is 0 Å². The van der Waals surface area contributed by atoms with Gasteiger partial charge in [0.2, 0.25) is 0 Å². The first-order valence-electron chi connectivity index (χ1n) is 7.01. The smallest absolute Gasteiger partial charge is 0.323 e. The van der Waals surface area contributed by atoms with E-state index in [2.05, 4.69) is 45.9 Å². The Hall–Kier alpha value is -1.35. The van der Waals surface area contributed by atoms with Gasteiger partial charge in [-0.3, -0.25) is 9.69 Å². The van der Waals surface area contributed by atoms with Crippen molar-refractivity contribution in [2.75, 3.05) is 21.2 Å². The Bertz CT molecular complexity index is 472. The largest absolute Gasteiger partial charge is 0.468 e. The summed E-state index contributed by atoms with van der Waals surface area (Å²) in [6, 6.07) is 6.22. The Morgan fingerprint density at radius 2 is 1.90 bits per heavy atom. The second-order valence-electron chi connectivity index (χ2n) is 6.62. The summed E-state index contributed by atoms with van der Waals surface area (Å²) in [6.45, 7) is 8.71. The standard InChI is InChI=1S/C17H27NO2/c1-12-8-9-13(14(10-12)17(2,3)4)11-15(18(5)6)16(19)20-7/h8-10,15H,11H2,1-7H3. The van der Waals surface area contributed by atoms with Gasteiger partial charge in [-0.25, -0.2) is 0 Å². The number of aryl methyl sites for hydroxylation is 1. The number of likely N-dealkylation sites (N-methyl/N-ethyl adjacent to an activating group) is 1. The van der Waals surface area contributed by atoms with Crippen LogP contribution in [-0.2, 0) is 21.4 Å². The van der Waals surface area contributed by atoms with Crippen molar-refractivity contribution >= 4 is 5.97 Å². The third-order valence-corrected chi connectivity index (χ3v) is 3.58. The van der Waals surface area contributed by atoms with Crippen molar-refractivity contribution in [3.8, 4) is 0 Å². The molecule has 0 bridgehead atoms. The van der Waals surface area contributed by atoms with Crippen LogP contribution in [0.1, 0.15) is 37.5 Å². The molecule has 0 spiro atoms. The molecule has 3 heteroatoms. The molecule has 1 aromatic rings. The minimum absolute atomic E-state index is 0.0638. The fourth-order valence-electron chi connectivity index (χ4n) is 2.39. The Morgan fingerprint density at radius 1 is 1.30 bits per heavy atom. The van der Waals surface area contributed by atoms with Crippen LogP contribution in [0.15, 0.2) is 18.2 Å². The number of hydrogen-bond donors (Lipinski definition) is 0. The van der Waals surface area contributed by atoms with Crippen molar-refractivity contribution in [2.45, 2.75) is 45.6 Å².